The first kappa shape index (κ1) is 17.0. The number of hydrogen-bond acceptors (Lipinski definition) is 4. The zero-order valence-electron chi connectivity index (χ0n) is 15.1. The molecule has 1 saturated heterocycles. The quantitative estimate of drug-likeness (QED) is 0.656. The normalized spacial score (nSPS) is 17.5. The third-order valence-electron chi connectivity index (χ3n) is 5.01. The second-order valence-electron chi connectivity index (χ2n) is 6.71. The lowest BCUT2D eigenvalue weighted by Gasteiger charge is -2.34. The molecule has 1 fully saturated rings. The Bertz CT molecular complexity index is 917. The van der Waals surface area contributed by atoms with Crippen LogP contribution in [0.5, 0.6) is 5.75 Å². The molecule has 134 valence electrons. The van der Waals surface area contributed by atoms with Gasteiger partial charge in [-0.15, -0.1) is 11.3 Å². The average molecular weight is 366 g/mol. The third-order valence-corrected chi connectivity index (χ3v) is 6.15. The molecular formula is C21H22N2O2S. The van der Waals surface area contributed by atoms with E-state index in [-0.39, 0.29) is 11.9 Å². The molecule has 2 aromatic carbocycles. The first-order chi connectivity index (χ1) is 12.7. The minimum absolute atomic E-state index is 0.0564. The van der Waals surface area contributed by atoms with E-state index < -0.39 is 0 Å². The number of piperidine rings is 1. The minimum Gasteiger partial charge on any atom is -0.496 e. The van der Waals surface area contributed by atoms with E-state index in [9.17, 15) is 4.79 Å². The lowest BCUT2D eigenvalue weighted by atomic mass is 10.0. The van der Waals surface area contributed by atoms with Crippen LogP contribution in [0, 0.1) is 6.92 Å². The molecular weight excluding hydrogens is 344 g/mol. The Kier molecular flexibility index (Phi) is 4.64. The maximum absolute atomic E-state index is 13.2. The number of carbonyl (C=O) groups is 1. The summed E-state index contributed by atoms with van der Waals surface area (Å²) in [7, 11) is 1.64. The van der Waals surface area contributed by atoms with Gasteiger partial charge in [0.1, 0.15) is 10.8 Å². The van der Waals surface area contributed by atoms with E-state index in [2.05, 4.69) is 6.07 Å². The number of fused-ring (bicyclic) bond motifs is 1. The van der Waals surface area contributed by atoms with E-state index in [1.54, 1.807) is 18.4 Å². The van der Waals surface area contributed by atoms with Crippen LogP contribution in [-0.4, -0.2) is 29.4 Å². The van der Waals surface area contributed by atoms with Gasteiger partial charge in [-0.2, -0.15) is 0 Å². The van der Waals surface area contributed by atoms with E-state index in [1.807, 2.05) is 48.2 Å². The van der Waals surface area contributed by atoms with Crippen molar-refractivity contribution in [3.8, 4) is 5.75 Å². The van der Waals surface area contributed by atoms with E-state index in [0.29, 0.717) is 5.56 Å². The Morgan fingerprint density at radius 2 is 2.08 bits per heavy atom. The number of rotatable bonds is 3. The molecule has 26 heavy (non-hydrogen) atoms. The predicted octanol–water partition coefficient (Wildman–Crippen LogP) is 4.98. The largest absolute Gasteiger partial charge is 0.496 e. The Balaban J connectivity index is 1.67. The molecule has 4 nitrogen and oxygen atoms in total. The Morgan fingerprint density at radius 1 is 1.23 bits per heavy atom. The number of aryl methyl sites for hydroxylation is 1. The van der Waals surface area contributed by atoms with Crippen LogP contribution >= 0.6 is 11.3 Å². The van der Waals surface area contributed by atoms with Crippen LogP contribution in [0.1, 0.15) is 46.2 Å². The Labute approximate surface area is 157 Å². The molecule has 1 atom stereocenters. The molecule has 1 aliphatic rings. The number of ether oxygens (including phenoxy) is 1. The van der Waals surface area contributed by atoms with E-state index >= 15 is 0 Å². The molecule has 0 spiro atoms. The monoisotopic (exact) mass is 366 g/mol. The number of para-hydroxylation sites is 1. The van der Waals surface area contributed by atoms with E-state index in [1.165, 1.54) is 4.70 Å². The molecule has 0 N–H and O–H groups in total. The van der Waals surface area contributed by atoms with Gasteiger partial charge in [0.15, 0.2) is 0 Å². The fourth-order valence-electron chi connectivity index (χ4n) is 3.58. The van der Waals surface area contributed by atoms with Gasteiger partial charge in [0.25, 0.3) is 5.91 Å². The first-order valence-corrected chi connectivity index (χ1v) is 9.80. The van der Waals surface area contributed by atoms with Gasteiger partial charge in [-0.25, -0.2) is 4.98 Å². The van der Waals surface area contributed by atoms with Crippen LogP contribution in [0.15, 0.2) is 42.5 Å². The molecule has 0 unspecified atom stereocenters. The van der Waals surface area contributed by atoms with Gasteiger partial charge >= 0.3 is 0 Å². The number of amides is 1. The van der Waals surface area contributed by atoms with E-state index in [0.717, 1.165) is 47.6 Å². The highest BCUT2D eigenvalue weighted by Crippen LogP contribution is 2.36. The van der Waals surface area contributed by atoms with Crippen LogP contribution < -0.4 is 4.74 Å². The molecule has 4 rings (SSSR count). The van der Waals surface area contributed by atoms with Crippen molar-refractivity contribution >= 4 is 27.5 Å². The van der Waals surface area contributed by atoms with Crippen molar-refractivity contribution in [1.29, 1.82) is 0 Å². The second-order valence-corrected chi connectivity index (χ2v) is 7.78. The number of nitrogens with zero attached hydrogens (tertiary/aromatic N) is 2. The van der Waals surface area contributed by atoms with Crippen molar-refractivity contribution in [2.24, 2.45) is 0 Å². The van der Waals surface area contributed by atoms with Gasteiger partial charge < -0.3 is 9.64 Å². The number of likely N-dealkylation sites (tertiary alicyclic amines) is 1. The molecule has 3 aromatic rings. The van der Waals surface area contributed by atoms with Crippen molar-refractivity contribution in [2.75, 3.05) is 13.7 Å². The summed E-state index contributed by atoms with van der Waals surface area (Å²) in [6.45, 7) is 2.76. The molecule has 0 radical (unpaired) electrons. The smallest absolute Gasteiger partial charge is 0.254 e. The fraction of sp³-hybridized carbons (Fsp3) is 0.333. The number of benzene rings is 2. The van der Waals surface area contributed by atoms with Crippen molar-refractivity contribution in [2.45, 2.75) is 32.2 Å². The van der Waals surface area contributed by atoms with Gasteiger partial charge in [0.2, 0.25) is 0 Å². The molecule has 0 bridgehead atoms. The van der Waals surface area contributed by atoms with Crippen LogP contribution in [0.25, 0.3) is 10.2 Å². The fourth-order valence-corrected chi connectivity index (χ4v) is 4.70. The molecule has 1 aromatic heterocycles. The molecule has 5 heteroatoms. The SMILES string of the molecule is COc1cc(C(=O)N2CCCC[C@@H]2c2nc3ccccc3s2)ccc1C. The number of thiazole rings is 1. The van der Waals surface area contributed by atoms with Crippen molar-refractivity contribution in [3.63, 3.8) is 0 Å². The van der Waals surface area contributed by atoms with Crippen LogP contribution in [0.4, 0.5) is 0 Å². The number of hydrogen-bond donors (Lipinski definition) is 0. The van der Waals surface area contributed by atoms with Crippen molar-refractivity contribution in [1.82, 2.24) is 9.88 Å². The first-order valence-electron chi connectivity index (χ1n) is 8.98. The van der Waals surface area contributed by atoms with Gasteiger partial charge in [-0.05, 0) is 56.0 Å². The Hall–Kier alpha value is -2.40. The standard InChI is InChI=1S/C21H22N2O2S/c1-14-10-11-15(13-18(14)25-2)21(24)23-12-6-5-8-17(23)20-22-16-7-3-4-9-19(16)26-20/h3-4,7,9-11,13,17H,5-6,8,12H2,1-2H3/t17-/m1/s1. The highest BCUT2D eigenvalue weighted by molar-refractivity contribution is 7.18. The zero-order chi connectivity index (χ0) is 18.1. The average Bonchev–Trinajstić information content (AvgIpc) is 3.12. The highest BCUT2D eigenvalue weighted by atomic mass is 32.1. The summed E-state index contributed by atoms with van der Waals surface area (Å²) in [5.74, 6) is 0.816. The molecule has 2 heterocycles. The Morgan fingerprint density at radius 3 is 2.88 bits per heavy atom. The second kappa shape index (κ2) is 7.08. The van der Waals surface area contributed by atoms with Crippen LogP contribution in [0.3, 0.4) is 0 Å². The van der Waals surface area contributed by atoms with E-state index in [4.69, 9.17) is 9.72 Å². The summed E-state index contributed by atoms with van der Waals surface area (Å²) in [6.07, 6.45) is 3.13. The van der Waals surface area contributed by atoms with Crippen LogP contribution in [0.2, 0.25) is 0 Å². The van der Waals surface area contributed by atoms with Crippen molar-refractivity contribution < 1.29 is 9.53 Å². The van der Waals surface area contributed by atoms with Crippen molar-refractivity contribution in [3.05, 3.63) is 58.6 Å². The topological polar surface area (TPSA) is 42.4 Å². The summed E-state index contributed by atoms with van der Waals surface area (Å²) < 4.78 is 6.57. The summed E-state index contributed by atoms with van der Waals surface area (Å²) in [4.78, 5) is 20.0. The lowest BCUT2D eigenvalue weighted by Crippen LogP contribution is -2.38. The summed E-state index contributed by atoms with van der Waals surface area (Å²) in [5, 5.41) is 1.04. The highest BCUT2D eigenvalue weighted by Gasteiger charge is 2.31. The maximum atomic E-state index is 13.2. The number of methoxy groups -OCH3 is 1. The third kappa shape index (κ3) is 3.07. The van der Waals surface area contributed by atoms with Gasteiger partial charge in [-0.1, -0.05) is 18.2 Å². The van der Waals surface area contributed by atoms with Crippen LogP contribution in [-0.2, 0) is 0 Å². The summed E-state index contributed by atoms with van der Waals surface area (Å²) in [5.41, 5.74) is 2.73. The lowest BCUT2D eigenvalue weighted by molar-refractivity contribution is 0.0611. The molecule has 1 aliphatic heterocycles. The number of aromatic nitrogens is 1. The summed E-state index contributed by atoms with van der Waals surface area (Å²) >= 11 is 1.70. The van der Waals surface area contributed by atoms with Gasteiger partial charge in [0.05, 0.1) is 23.4 Å². The van der Waals surface area contributed by atoms with Gasteiger partial charge in [0, 0.05) is 12.1 Å². The number of carbonyl (C=O) groups excluding carboxylic acids is 1. The molecule has 0 saturated carbocycles. The summed E-state index contributed by atoms with van der Waals surface area (Å²) in [6, 6.07) is 13.9. The molecule has 1 amide bonds. The molecule has 0 aliphatic carbocycles. The maximum Gasteiger partial charge on any atom is 0.254 e. The zero-order valence-corrected chi connectivity index (χ0v) is 15.9. The van der Waals surface area contributed by atoms with Gasteiger partial charge in [-0.3, -0.25) is 4.79 Å². The minimum atomic E-state index is 0.0564. The predicted molar refractivity (Wildman–Crippen MR) is 105 cm³/mol.